The molecule has 21 heavy (non-hydrogen) atoms. The van der Waals surface area contributed by atoms with E-state index in [0.29, 0.717) is 22.1 Å². The van der Waals surface area contributed by atoms with Crippen LogP contribution in [0.5, 0.6) is 11.5 Å². The maximum atomic E-state index is 11.9. The first kappa shape index (κ1) is 15.2. The van der Waals surface area contributed by atoms with E-state index in [1.807, 2.05) is 13.0 Å². The number of methoxy groups -OCH3 is 2. The largest absolute Gasteiger partial charge is 0.493 e. The molecule has 0 bridgehead atoms. The van der Waals surface area contributed by atoms with Gasteiger partial charge in [-0.15, -0.1) is 11.3 Å². The van der Waals surface area contributed by atoms with E-state index < -0.39 is 0 Å². The Kier molecular flexibility index (Phi) is 4.70. The Hall–Kier alpha value is -2.21. The second kappa shape index (κ2) is 6.49. The first-order chi connectivity index (χ1) is 10.0. The Bertz CT molecular complexity index is 632. The molecule has 0 aliphatic rings. The highest BCUT2D eigenvalue weighted by molar-refractivity contribution is 7.14. The number of rotatable bonds is 5. The predicted molar refractivity (Wildman–Crippen MR) is 82.1 cm³/mol. The third-order valence-electron chi connectivity index (χ3n) is 2.98. The summed E-state index contributed by atoms with van der Waals surface area (Å²) in [6.07, 6.45) is 0. The molecular weight excluding hydrogens is 290 g/mol. The summed E-state index contributed by atoms with van der Waals surface area (Å²) in [7, 11) is 3.13. The zero-order valence-electron chi connectivity index (χ0n) is 12.1. The minimum Gasteiger partial charge on any atom is -0.493 e. The quantitative estimate of drug-likeness (QED) is 0.860. The molecule has 0 unspecified atom stereocenters. The van der Waals surface area contributed by atoms with Crippen molar-refractivity contribution < 1.29 is 19.0 Å². The van der Waals surface area contributed by atoms with Crippen LogP contribution < -0.4 is 15.2 Å². The monoisotopic (exact) mass is 307 g/mol. The zero-order valence-corrected chi connectivity index (χ0v) is 13.0. The van der Waals surface area contributed by atoms with Crippen molar-refractivity contribution >= 4 is 23.0 Å². The van der Waals surface area contributed by atoms with Crippen LogP contribution in [0.1, 0.15) is 20.1 Å². The Labute approximate surface area is 127 Å². The van der Waals surface area contributed by atoms with Crippen LogP contribution in [0.25, 0.3) is 0 Å². The fourth-order valence-corrected chi connectivity index (χ4v) is 2.62. The van der Waals surface area contributed by atoms with Crippen molar-refractivity contribution in [2.24, 2.45) is 0 Å². The van der Waals surface area contributed by atoms with E-state index in [2.05, 4.69) is 0 Å². The molecule has 1 aromatic heterocycles. The third-order valence-corrected chi connectivity index (χ3v) is 4.02. The zero-order chi connectivity index (χ0) is 15.4. The molecule has 0 spiro atoms. The van der Waals surface area contributed by atoms with Crippen molar-refractivity contribution in [3.05, 3.63) is 39.6 Å². The molecule has 6 heteroatoms. The van der Waals surface area contributed by atoms with Gasteiger partial charge in [-0.3, -0.25) is 0 Å². The van der Waals surface area contributed by atoms with Gasteiger partial charge in [0.05, 0.1) is 14.2 Å². The predicted octanol–water partition coefficient (Wildman–Crippen LogP) is 3.01. The van der Waals surface area contributed by atoms with Gasteiger partial charge < -0.3 is 19.9 Å². The molecule has 0 saturated carbocycles. The van der Waals surface area contributed by atoms with E-state index in [9.17, 15) is 4.79 Å². The number of benzene rings is 1. The van der Waals surface area contributed by atoms with E-state index in [0.717, 1.165) is 10.4 Å². The fraction of sp³-hybridized carbons (Fsp3) is 0.267. The third kappa shape index (κ3) is 3.46. The van der Waals surface area contributed by atoms with Crippen molar-refractivity contribution in [3.8, 4) is 11.5 Å². The molecule has 2 N–H and O–H groups in total. The molecule has 5 nitrogen and oxygen atoms in total. The molecule has 0 aliphatic carbocycles. The summed E-state index contributed by atoms with van der Waals surface area (Å²) in [5, 5.41) is 0. The Balaban J connectivity index is 2.04. The van der Waals surface area contributed by atoms with Gasteiger partial charge >= 0.3 is 5.97 Å². The molecule has 1 aromatic carbocycles. The summed E-state index contributed by atoms with van der Waals surface area (Å²) in [4.78, 5) is 13.4. The number of hydrogen-bond donors (Lipinski definition) is 1. The van der Waals surface area contributed by atoms with Gasteiger partial charge in [-0.2, -0.15) is 0 Å². The summed E-state index contributed by atoms with van der Waals surface area (Å²) in [5.74, 6) is 0.853. The van der Waals surface area contributed by atoms with Crippen LogP contribution in [0.2, 0.25) is 0 Å². The van der Waals surface area contributed by atoms with Gasteiger partial charge in [-0.1, -0.05) is 6.07 Å². The average molecular weight is 307 g/mol. The minimum atomic E-state index is -0.380. The van der Waals surface area contributed by atoms with Gasteiger partial charge in [-0.05, 0) is 30.7 Å². The molecule has 0 aliphatic heterocycles. The number of carbonyl (C=O) groups excluding carboxylic acids is 1. The van der Waals surface area contributed by atoms with Gasteiger partial charge in [0.2, 0.25) is 0 Å². The lowest BCUT2D eigenvalue weighted by Crippen LogP contribution is -2.03. The van der Waals surface area contributed by atoms with Crippen LogP contribution in [0.4, 0.5) is 5.69 Å². The summed E-state index contributed by atoms with van der Waals surface area (Å²) < 4.78 is 15.6. The lowest BCUT2D eigenvalue weighted by molar-refractivity contribution is 0.0478. The summed E-state index contributed by atoms with van der Waals surface area (Å²) >= 11 is 1.33. The number of ether oxygens (including phenoxy) is 3. The first-order valence-electron chi connectivity index (χ1n) is 6.29. The topological polar surface area (TPSA) is 70.8 Å². The second-order valence-corrected chi connectivity index (χ2v) is 5.64. The molecule has 2 rings (SSSR count). The second-order valence-electron chi connectivity index (χ2n) is 4.39. The molecule has 112 valence electrons. The number of thiophene rings is 1. The lowest BCUT2D eigenvalue weighted by atomic mass is 10.2. The van der Waals surface area contributed by atoms with Gasteiger partial charge in [0.1, 0.15) is 11.5 Å². The summed E-state index contributed by atoms with van der Waals surface area (Å²) in [6, 6.07) is 7.01. The van der Waals surface area contributed by atoms with E-state index in [4.69, 9.17) is 19.9 Å². The smallest absolute Gasteiger partial charge is 0.348 e. The number of anilines is 1. The van der Waals surface area contributed by atoms with Crippen molar-refractivity contribution in [2.75, 3.05) is 20.0 Å². The van der Waals surface area contributed by atoms with Gasteiger partial charge in [0, 0.05) is 10.6 Å². The van der Waals surface area contributed by atoms with E-state index in [1.54, 1.807) is 32.4 Å². The van der Waals surface area contributed by atoms with Crippen LogP contribution in [0.15, 0.2) is 24.3 Å². The fourth-order valence-electron chi connectivity index (χ4n) is 1.79. The average Bonchev–Trinajstić information content (AvgIpc) is 2.84. The number of esters is 1. The van der Waals surface area contributed by atoms with Crippen molar-refractivity contribution in [1.29, 1.82) is 0 Å². The molecule has 1 heterocycles. The molecule has 0 saturated heterocycles. The lowest BCUT2D eigenvalue weighted by Gasteiger charge is -2.09. The highest BCUT2D eigenvalue weighted by atomic mass is 32.1. The number of nitrogen functional groups attached to an aromatic ring is 1. The van der Waals surface area contributed by atoms with Crippen molar-refractivity contribution in [1.82, 2.24) is 0 Å². The Morgan fingerprint density at radius 1 is 1.19 bits per heavy atom. The standard InChI is InChI=1S/C15H17NO4S/c1-9-11(16)7-14(21-9)15(17)20-8-10-4-5-12(18-2)13(6-10)19-3/h4-7H,8,16H2,1-3H3. The van der Waals surface area contributed by atoms with Crippen LogP contribution in [0.3, 0.4) is 0 Å². The summed E-state index contributed by atoms with van der Waals surface area (Å²) in [6.45, 7) is 2.03. The van der Waals surface area contributed by atoms with Crippen LogP contribution in [-0.2, 0) is 11.3 Å². The Morgan fingerprint density at radius 2 is 1.90 bits per heavy atom. The minimum absolute atomic E-state index is 0.163. The highest BCUT2D eigenvalue weighted by Gasteiger charge is 2.13. The highest BCUT2D eigenvalue weighted by Crippen LogP contribution is 2.28. The molecule has 0 amide bonds. The number of carbonyl (C=O) groups is 1. The van der Waals surface area contributed by atoms with Gasteiger partial charge in [0.15, 0.2) is 11.5 Å². The van der Waals surface area contributed by atoms with Crippen LogP contribution in [-0.4, -0.2) is 20.2 Å². The molecule has 0 fully saturated rings. The maximum Gasteiger partial charge on any atom is 0.348 e. The van der Waals surface area contributed by atoms with Crippen LogP contribution >= 0.6 is 11.3 Å². The van der Waals surface area contributed by atoms with E-state index in [-0.39, 0.29) is 12.6 Å². The summed E-state index contributed by atoms with van der Waals surface area (Å²) in [5.41, 5.74) is 7.16. The molecule has 0 atom stereocenters. The van der Waals surface area contributed by atoms with Gasteiger partial charge in [0.25, 0.3) is 0 Å². The number of hydrogen-bond acceptors (Lipinski definition) is 6. The molecule has 2 aromatic rings. The van der Waals surface area contributed by atoms with Crippen molar-refractivity contribution in [3.63, 3.8) is 0 Å². The van der Waals surface area contributed by atoms with E-state index >= 15 is 0 Å². The normalized spacial score (nSPS) is 10.2. The number of nitrogens with two attached hydrogens (primary N) is 1. The van der Waals surface area contributed by atoms with Crippen molar-refractivity contribution in [2.45, 2.75) is 13.5 Å². The number of aryl methyl sites for hydroxylation is 1. The first-order valence-corrected chi connectivity index (χ1v) is 7.10. The van der Waals surface area contributed by atoms with Crippen LogP contribution in [0, 0.1) is 6.92 Å². The van der Waals surface area contributed by atoms with E-state index in [1.165, 1.54) is 11.3 Å². The molecule has 0 radical (unpaired) electrons. The Morgan fingerprint density at radius 3 is 2.48 bits per heavy atom. The van der Waals surface area contributed by atoms with Gasteiger partial charge in [-0.25, -0.2) is 4.79 Å². The SMILES string of the molecule is COc1ccc(COC(=O)c2cc(N)c(C)s2)cc1OC. The molecular formula is C15H17NO4S. The maximum absolute atomic E-state index is 11.9.